The number of non-ortho nitro benzene ring substituents is 1. The maximum absolute atomic E-state index is 14.7. The molecule has 0 saturated carbocycles. The standard InChI is InChI=1S/C27H18FN3O5/c28-19-10-3-4-11-20(19)30-26(33)21-22(27(30)34)24(25(32)16-7-5-8-17(14-16)31(35)36)29-13-12-15-6-1-2-9-18(15)23(21)29/h1-14,21-24H/t21-,22+,23?,24-/m0/s1. The summed E-state index contributed by atoms with van der Waals surface area (Å²) in [5, 5.41) is 11.3. The normalized spacial score (nSPS) is 23.9. The zero-order valence-electron chi connectivity index (χ0n) is 18.7. The zero-order valence-corrected chi connectivity index (χ0v) is 18.7. The van der Waals surface area contributed by atoms with E-state index in [1.807, 2.05) is 30.3 Å². The number of nitro benzene ring substituents is 1. The molecule has 0 N–H and O–H groups in total. The minimum absolute atomic E-state index is 0.0606. The van der Waals surface area contributed by atoms with Gasteiger partial charge in [-0.25, -0.2) is 9.29 Å². The van der Waals surface area contributed by atoms with E-state index in [2.05, 4.69) is 0 Å². The van der Waals surface area contributed by atoms with Gasteiger partial charge in [0.05, 0.1) is 28.5 Å². The summed E-state index contributed by atoms with van der Waals surface area (Å²) in [7, 11) is 0. The molecule has 3 heterocycles. The Morgan fingerprint density at radius 1 is 0.917 bits per heavy atom. The first-order valence-electron chi connectivity index (χ1n) is 11.3. The highest BCUT2D eigenvalue weighted by Crippen LogP contribution is 2.53. The molecule has 3 aromatic carbocycles. The lowest BCUT2D eigenvalue weighted by Crippen LogP contribution is -2.44. The van der Waals surface area contributed by atoms with E-state index in [1.54, 1.807) is 11.1 Å². The van der Waals surface area contributed by atoms with Crippen molar-refractivity contribution in [1.82, 2.24) is 4.90 Å². The summed E-state index contributed by atoms with van der Waals surface area (Å²) < 4.78 is 14.7. The first kappa shape index (κ1) is 21.8. The minimum Gasteiger partial charge on any atom is -0.358 e. The quantitative estimate of drug-likeness (QED) is 0.239. The van der Waals surface area contributed by atoms with E-state index < -0.39 is 52.3 Å². The predicted molar refractivity (Wildman–Crippen MR) is 127 cm³/mol. The number of carbonyl (C=O) groups is 3. The summed E-state index contributed by atoms with van der Waals surface area (Å²) in [5.41, 5.74) is 1.28. The Balaban J connectivity index is 1.51. The van der Waals surface area contributed by atoms with Gasteiger partial charge in [-0.1, -0.05) is 48.5 Å². The monoisotopic (exact) mass is 483 g/mol. The van der Waals surface area contributed by atoms with Crippen molar-refractivity contribution < 1.29 is 23.7 Å². The van der Waals surface area contributed by atoms with Crippen molar-refractivity contribution >= 4 is 35.0 Å². The topological polar surface area (TPSA) is 101 Å². The van der Waals surface area contributed by atoms with Crippen molar-refractivity contribution in [2.45, 2.75) is 12.1 Å². The minimum atomic E-state index is -1.10. The maximum Gasteiger partial charge on any atom is 0.270 e. The Labute approximate surface area is 204 Å². The summed E-state index contributed by atoms with van der Waals surface area (Å²) in [6.07, 6.45) is 3.50. The van der Waals surface area contributed by atoms with Gasteiger partial charge in [-0.3, -0.25) is 24.5 Å². The highest BCUT2D eigenvalue weighted by molar-refractivity contribution is 6.24. The third-order valence-corrected chi connectivity index (χ3v) is 7.17. The fourth-order valence-corrected chi connectivity index (χ4v) is 5.67. The van der Waals surface area contributed by atoms with Crippen molar-refractivity contribution in [3.8, 4) is 0 Å². The second-order valence-electron chi connectivity index (χ2n) is 8.97. The molecule has 4 atom stereocenters. The summed E-state index contributed by atoms with van der Waals surface area (Å²) in [6.45, 7) is 0. The number of rotatable bonds is 4. The number of nitrogens with zero attached hydrogens (tertiary/aromatic N) is 3. The summed E-state index contributed by atoms with van der Waals surface area (Å²) in [5.74, 6) is -4.51. The molecule has 0 radical (unpaired) electrons. The molecule has 2 amide bonds. The predicted octanol–water partition coefficient (Wildman–Crippen LogP) is 4.13. The molecule has 9 heteroatoms. The van der Waals surface area contributed by atoms with Crippen LogP contribution in [-0.4, -0.2) is 33.5 Å². The van der Waals surface area contributed by atoms with Crippen LogP contribution in [0.5, 0.6) is 0 Å². The van der Waals surface area contributed by atoms with Crippen LogP contribution in [0.1, 0.15) is 27.5 Å². The van der Waals surface area contributed by atoms with Gasteiger partial charge in [0.15, 0.2) is 5.78 Å². The van der Waals surface area contributed by atoms with Gasteiger partial charge < -0.3 is 4.90 Å². The number of carbonyl (C=O) groups excluding carboxylic acids is 3. The van der Waals surface area contributed by atoms with Crippen LogP contribution >= 0.6 is 0 Å². The SMILES string of the molecule is O=C(c1cccc([N+](=O)[O-])c1)[C@@H]1[C@@H]2C(=O)N(c3ccccc3F)C(=O)[C@@H]2C2c3ccccc3C=CN21. The van der Waals surface area contributed by atoms with E-state index in [0.717, 1.165) is 16.0 Å². The Bertz CT molecular complexity index is 1500. The number of Topliss-reactive ketones (excluding diaryl/α,β-unsaturated/α-hetero) is 1. The fraction of sp³-hybridized carbons (Fsp3) is 0.148. The largest absolute Gasteiger partial charge is 0.358 e. The van der Waals surface area contributed by atoms with E-state index in [4.69, 9.17) is 0 Å². The van der Waals surface area contributed by atoms with E-state index in [1.165, 1.54) is 48.5 Å². The number of hydrogen-bond acceptors (Lipinski definition) is 6. The summed E-state index contributed by atoms with van der Waals surface area (Å²) >= 11 is 0. The van der Waals surface area contributed by atoms with Gasteiger partial charge in [0, 0.05) is 23.9 Å². The molecule has 6 rings (SSSR count). The number of amides is 2. The molecule has 2 saturated heterocycles. The maximum atomic E-state index is 14.7. The number of nitro groups is 1. The third kappa shape index (κ3) is 3.02. The van der Waals surface area contributed by atoms with Crippen LogP contribution in [0.2, 0.25) is 0 Å². The molecule has 3 aliphatic rings. The van der Waals surface area contributed by atoms with Crippen LogP contribution in [0.15, 0.2) is 79.0 Å². The van der Waals surface area contributed by atoms with Crippen LogP contribution in [0.25, 0.3) is 6.08 Å². The smallest absolute Gasteiger partial charge is 0.270 e. The number of hydrogen-bond donors (Lipinski definition) is 0. The molecule has 0 bridgehead atoms. The molecule has 0 aliphatic carbocycles. The van der Waals surface area contributed by atoms with Gasteiger partial charge >= 0.3 is 0 Å². The van der Waals surface area contributed by atoms with Gasteiger partial charge in [0.2, 0.25) is 11.8 Å². The molecule has 0 spiro atoms. The van der Waals surface area contributed by atoms with Gasteiger partial charge in [-0.05, 0) is 29.3 Å². The van der Waals surface area contributed by atoms with Crippen LogP contribution in [0.4, 0.5) is 15.8 Å². The van der Waals surface area contributed by atoms with Crippen molar-refractivity contribution in [2.24, 2.45) is 11.8 Å². The molecule has 3 aromatic rings. The molecule has 8 nitrogen and oxygen atoms in total. The molecule has 0 aromatic heterocycles. The Morgan fingerprint density at radius 3 is 2.42 bits per heavy atom. The van der Waals surface area contributed by atoms with Crippen molar-refractivity contribution in [3.05, 3.63) is 112 Å². The number of halogens is 1. The second kappa shape index (κ2) is 7.94. The zero-order chi connectivity index (χ0) is 25.1. The van der Waals surface area contributed by atoms with Gasteiger partial charge in [-0.15, -0.1) is 0 Å². The van der Waals surface area contributed by atoms with Gasteiger partial charge in [-0.2, -0.15) is 0 Å². The first-order chi connectivity index (χ1) is 17.4. The number of anilines is 1. The molecular weight excluding hydrogens is 465 g/mol. The van der Waals surface area contributed by atoms with E-state index >= 15 is 0 Å². The van der Waals surface area contributed by atoms with Gasteiger partial charge in [0.1, 0.15) is 11.9 Å². The average Bonchev–Trinajstić information content (AvgIpc) is 3.36. The first-order valence-corrected chi connectivity index (χ1v) is 11.3. The molecular formula is C27H18FN3O5. The number of ketones is 1. The summed E-state index contributed by atoms with van der Waals surface area (Å²) in [6, 6.07) is 16.5. The molecule has 178 valence electrons. The number of imide groups is 1. The van der Waals surface area contributed by atoms with Crippen molar-refractivity contribution in [1.29, 1.82) is 0 Å². The lowest BCUT2D eigenvalue weighted by atomic mass is 9.83. The molecule has 36 heavy (non-hydrogen) atoms. The van der Waals surface area contributed by atoms with Crippen molar-refractivity contribution in [3.63, 3.8) is 0 Å². The molecule has 2 fully saturated rings. The van der Waals surface area contributed by atoms with E-state index in [9.17, 15) is 28.9 Å². The second-order valence-corrected chi connectivity index (χ2v) is 8.97. The highest BCUT2D eigenvalue weighted by atomic mass is 19.1. The lowest BCUT2D eigenvalue weighted by molar-refractivity contribution is -0.384. The average molecular weight is 483 g/mol. The Kier molecular flexibility index (Phi) is 4.82. The van der Waals surface area contributed by atoms with Crippen molar-refractivity contribution in [2.75, 3.05) is 4.90 Å². The number of fused-ring (bicyclic) bond motifs is 5. The Hall–Kier alpha value is -4.66. The third-order valence-electron chi connectivity index (χ3n) is 7.17. The van der Waals surface area contributed by atoms with E-state index in [-0.39, 0.29) is 16.9 Å². The number of benzene rings is 3. The van der Waals surface area contributed by atoms with E-state index in [0.29, 0.717) is 0 Å². The van der Waals surface area contributed by atoms with Crippen LogP contribution in [-0.2, 0) is 9.59 Å². The van der Waals surface area contributed by atoms with Crippen LogP contribution in [0.3, 0.4) is 0 Å². The fourth-order valence-electron chi connectivity index (χ4n) is 5.67. The highest BCUT2D eigenvalue weighted by Gasteiger charge is 2.64. The molecule has 3 aliphatic heterocycles. The molecule has 1 unspecified atom stereocenters. The van der Waals surface area contributed by atoms with Crippen LogP contribution < -0.4 is 4.90 Å². The lowest BCUT2D eigenvalue weighted by Gasteiger charge is -2.35. The Morgan fingerprint density at radius 2 is 1.64 bits per heavy atom. The van der Waals surface area contributed by atoms with Crippen LogP contribution in [0, 0.1) is 27.8 Å². The van der Waals surface area contributed by atoms with Gasteiger partial charge in [0.25, 0.3) is 5.69 Å². The number of para-hydroxylation sites is 1. The summed E-state index contributed by atoms with van der Waals surface area (Å²) in [4.78, 5) is 54.6.